The van der Waals surface area contributed by atoms with Gasteiger partial charge in [-0.15, -0.1) is 0 Å². The summed E-state index contributed by atoms with van der Waals surface area (Å²) in [6.07, 6.45) is 2.62. The van der Waals surface area contributed by atoms with E-state index in [1.807, 2.05) is 23.9 Å². The minimum atomic E-state index is -0.364. The number of nitrogens with one attached hydrogen (secondary N) is 1. The summed E-state index contributed by atoms with van der Waals surface area (Å²) in [5, 5.41) is 18.4. The van der Waals surface area contributed by atoms with Crippen LogP contribution in [0.4, 0.5) is 5.69 Å². The lowest BCUT2D eigenvalue weighted by Gasteiger charge is -2.17. The Kier molecular flexibility index (Phi) is 4.47. The first-order chi connectivity index (χ1) is 9.61. The van der Waals surface area contributed by atoms with Crippen molar-refractivity contribution in [1.82, 2.24) is 15.1 Å². The Balaban J connectivity index is 2.10. The third kappa shape index (κ3) is 3.21. The number of aromatic nitrogens is 2. The Hall–Kier alpha value is -2.21. The van der Waals surface area contributed by atoms with Crippen molar-refractivity contribution in [3.8, 4) is 0 Å². The lowest BCUT2D eigenvalue weighted by molar-refractivity contribution is -0.384. The van der Waals surface area contributed by atoms with Gasteiger partial charge in [0.15, 0.2) is 0 Å². The second-order valence-electron chi connectivity index (χ2n) is 4.64. The van der Waals surface area contributed by atoms with Crippen molar-refractivity contribution in [1.29, 1.82) is 0 Å². The summed E-state index contributed by atoms with van der Waals surface area (Å²) < 4.78 is 1.81. The van der Waals surface area contributed by atoms with Crippen molar-refractivity contribution in [2.45, 2.75) is 25.9 Å². The molecule has 2 rings (SSSR count). The maximum atomic E-state index is 10.8. The zero-order valence-corrected chi connectivity index (χ0v) is 11.6. The van der Waals surface area contributed by atoms with Gasteiger partial charge in [-0.1, -0.05) is 19.1 Å². The third-order valence-electron chi connectivity index (χ3n) is 3.34. The molecule has 6 heteroatoms. The molecule has 106 valence electrons. The molecular formula is C14H18N4O2. The summed E-state index contributed by atoms with van der Waals surface area (Å²) in [6, 6.07) is 8.82. The minimum absolute atomic E-state index is 0.0878. The second kappa shape index (κ2) is 6.29. The van der Waals surface area contributed by atoms with Crippen LogP contribution < -0.4 is 5.32 Å². The fraction of sp³-hybridized carbons (Fsp3) is 0.357. The first-order valence-electron chi connectivity index (χ1n) is 6.56. The monoisotopic (exact) mass is 274 g/mol. The topological polar surface area (TPSA) is 73.0 Å². The van der Waals surface area contributed by atoms with E-state index in [4.69, 9.17) is 0 Å². The summed E-state index contributed by atoms with van der Waals surface area (Å²) in [7, 11) is 1.89. The first kappa shape index (κ1) is 14.2. The first-order valence-corrected chi connectivity index (χ1v) is 6.56. The number of nitro benzene ring substituents is 1. The molecule has 0 aliphatic carbocycles. The molecule has 0 saturated heterocycles. The van der Waals surface area contributed by atoms with Crippen LogP contribution in [0.25, 0.3) is 0 Å². The predicted molar refractivity (Wildman–Crippen MR) is 76.2 cm³/mol. The highest BCUT2D eigenvalue weighted by molar-refractivity contribution is 5.35. The van der Waals surface area contributed by atoms with Crippen LogP contribution in [0.15, 0.2) is 36.5 Å². The van der Waals surface area contributed by atoms with Gasteiger partial charge in [0.05, 0.1) is 10.6 Å². The molecular weight excluding hydrogens is 256 g/mol. The van der Waals surface area contributed by atoms with E-state index in [2.05, 4.69) is 17.3 Å². The normalized spacial score (nSPS) is 12.3. The van der Waals surface area contributed by atoms with Gasteiger partial charge in [0.1, 0.15) is 0 Å². The highest BCUT2D eigenvalue weighted by Crippen LogP contribution is 2.21. The molecule has 0 aliphatic rings. The minimum Gasteiger partial charge on any atom is -0.304 e. The number of aryl methyl sites for hydroxylation is 1. The molecule has 0 fully saturated rings. The SMILES string of the molecule is CCC(NCc1ccnn1C)c1cccc([N+](=O)[O-])c1. The molecule has 20 heavy (non-hydrogen) atoms. The fourth-order valence-electron chi connectivity index (χ4n) is 2.16. The van der Waals surface area contributed by atoms with Gasteiger partial charge in [-0.25, -0.2) is 0 Å². The number of non-ortho nitro benzene ring substituents is 1. The largest absolute Gasteiger partial charge is 0.304 e. The van der Waals surface area contributed by atoms with Crippen molar-refractivity contribution in [3.63, 3.8) is 0 Å². The zero-order chi connectivity index (χ0) is 14.5. The quantitative estimate of drug-likeness (QED) is 0.649. The summed E-state index contributed by atoms with van der Waals surface area (Å²) in [6.45, 7) is 2.73. The number of hydrogen-bond donors (Lipinski definition) is 1. The van der Waals surface area contributed by atoms with E-state index in [-0.39, 0.29) is 16.7 Å². The van der Waals surface area contributed by atoms with Gasteiger partial charge in [0, 0.05) is 38.0 Å². The summed E-state index contributed by atoms with van der Waals surface area (Å²) in [5.41, 5.74) is 2.14. The Morgan fingerprint density at radius 2 is 2.25 bits per heavy atom. The van der Waals surface area contributed by atoms with Crippen molar-refractivity contribution in [3.05, 3.63) is 57.9 Å². The Labute approximate surface area is 117 Å². The van der Waals surface area contributed by atoms with Crippen LogP contribution >= 0.6 is 0 Å². The molecule has 1 aromatic carbocycles. The van der Waals surface area contributed by atoms with Crippen molar-refractivity contribution in [2.24, 2.45) is 7.05 Å². The Morgan fingerprint density at radius 1 is 1.45 bits per heavy atom. The molecule has 1 heterocycles. The van der Waals surface area contributed by atoms with E-state index in [1.54, 1.807) is 18.3 Å². The van der Waals surface area contributed by atoms with Gasteiger partial charge in [-0.3, -0.25) is 14.8 Å². The van der Waals surface area contributed by atoms with E-state index in [1.165, 1.54) is 6.07 Å². The van der Waals surface area contributed by atoms with Crippen molar-refractivity contribution < 1.29 is 4.92 Å². The average Bonchev–Trinajstić information content (AvgIpc) is 2.85. The van der Waals surface area contributed by atoms with E-state index in [0.29, 0.717) is 6.54 Å². The lowest BCUT2D eigenvalue weighted by Crippen LogP contribution is -2.21. The summed E-state index contributed by atoms with van der Waals surface area (Å²) in [5.74, 6) is 0. The lowest BCUT2D eigenvalue weighted by atomic mass is 10.0. The highest BCUT2D eigenvalue weighted by Gasteiger charge is 2.13. The predicted octanol–water partition coefficient (Wildman–Crippen LogP) is 2.57. The third-order valence-corrected chi connectivity index (χ3v) is 3.34. The van der Waals surface area contributed by atoms with Gasteiger partial charge < -0.3 is 5.32 Å². The van der Waals surface area contributed by atoms with Gasteiger partial charge in [0.25, 0.3) is 5.69 Å². The van der Waals surface area contributed by atoms with Crippen LogP contribution in [0, 0.1) is 10.1 Å². The molecule has 0 saturated carbocycles. The molecule has 0 bridgehead atoms. The molecule has 1 aromatic heterocycles. The van der Waals surface area contributed by atoms with E-state index in [9.17, 15) is 10.1 Å². The van der Waals surface area contributed by atoms with Crippen molar-refractivity contribution >= 4 is 5.69 Å². The van der Waals surface area contributed by atoms with Gasteiger partial charge >= 0.3 is 0 Å². The highest BCUT2D eigenvalue weighted by atomic mass is 16.6. The smallest absolute Gasteiger partial charge is 0.269 e. The van der Waals surface area contributed by atoms with E-state index in [0.717, 1.165) is 17.7 Å². The Morgan fingerprint density at radius 3 is 2.85 bits per heavy atom. The maximum absolute atomic E-state index is 10.8. The van der Waals surface area contributed by atoms with Crippen LogP contribution in [-0.4, -0.2) is 14.7 Å². The Bertz CT molecular complexity index is 594. The molecule has 6 nitrogen and oxygen atoms in total. The van der Waals surface area contributed by atoms with Gasteiger partial charge in [-0.05, 0) is 18.1 Å². The molecule has 1 atom stereocenters. The maximum Gasteiger partial charge on any atom is 0.269 e. The molecule has 1 unspecified atom stereocenters. The average molecular weight is 274 g/mol. The number of hydrogen-bond acceptors (Lipinski definition) is 4. The molecule has 0 radical (unpaired) electrons. The van der Waals surface area contributed by atoms with Crippen LogP contribution in [0.5, 0.6) is 0 Å². The van der Waals surface area contributed by atoms with Crippen LogP contribution in [0.3, 0.4) is 0 Å². The standard InChI is InChI=1S/C14H18N4O2/c1-3-14(15-10-13-7-8-16-17(13)2)11-5-4-6-12(9-11)18(19)20/h4-9,14-15H,3,10H2,1-2H3. The number of nitrogens with zero attached hydrogens (tertiary/aromatic N) is 3. The molecule has 0 amide bonds. The van der Waals surface area contributed by atoms with Crippen molar-refractivity contribution in [2.75, 3.05) is 0 Å². The fourth-order valence-corrected chi connectivity index (χ4v) is 2.16. The van der Waals surface area contributed by atoms with Crippen LogP contribution in [0.2, 0.25) is 0 Å². The van der Waals surface area contributed by atoms with Crippen LogP contribution in [-0.2, 0) is 13.6 Å². The van der Waals surface area contributed by atoms with Gasteiger partial charge in [-0.2, -0.15) is 5.10 Å². The van der Waals surface area contributed by atoms with Crippen LogP contribution in [0.1, 0.15) is 30.6 Å². The molecule has 1 N–H and O–H groups in total. The molecule has 0 spiro atoms. The van der Waals surface area contributed by atoms with E-state index >= 15 is 0 Å². The molecule has 2 aromatic rings. The molecule has 0 aliphatic heterocycles. The summed E-state index contributed by atoms with van der Waals surface area (Å²) >= 11 is 0. The second-order valence-corrected chi connectivity index (χ2v) is 4.64. The number of nitro groups is 1. The van der Waals surface area contributed by atoms with E-state index < -0.39 is 0 Å². The number of benzene rings is 1. The van der Waals surface area contributed by atoms with Gasteiger partial charge in [0.2, 0.25) is 0 Å². The number of rotatable bonds is 6. The summed E-state index contributed by atoms with van der Waals surface area (Å²) in [4.78, 5) is 10.5. The zero-order valence-electron chi connectivity index (χ0n) is 11.6.